The molecule has 3 aromatic rings. The number of ether oxygens (including phenoxy) is 1. The standard InChI is InChI=1S/C22H27N5O5/c1-22(2,3)11-6-4-10(5-7-11)15-13(19(24)31)14-18(23)25-9-26-20(14)27(15)21-17(30)16(29)12(8-28)32-21/h4-7,9,12,16-17,21,28-30H,8H2,1-3H3,(H2,24,31)(H2,23,25,26)/t12-,16+,17-,21-/m0/s1. The zero-order valence-corrected chi connectivity index (χ0v) is 18.1. The fourth-order valence-corrected chi connectivity index (χ4v) is 4.15. The third kappa shape index (κ3) is 3.41. The zero-order valence-electron chi connectivity index (χ0n) is 18.1. The Morgan fingerprint density at radius 2 is 1.81 bits per heavy atom. The number of fused-ring (bicyclic) bond motifs is 1. The molecule has 32 heavy (non-hydrogen) atoms. The first-order chi connectivity index (χ1) is 15.1. The number of nitrogens with zero attached hydrogens (tertiary/aromatic N) is 3. The van der Waals surface area contributed by atoms with E-state index in [1.54, 1.807) is 0 Å². The van der Waals surface area contributed by atoms with E-state index in [9.17, 15) is 20.1 Å². The van der Waals surface area contributed by atoms with Gasteiger partial charge in [-0.2, -0.15) is 0 Å². The summed E-state index contributed by atoms with van der Waals surface area (Å²) in [7, 11) is 0. The van der Waals surface area contributed by atoms with E-state index < -0.39 is 37.1 Å². The number of amides is 1. The lowest BCUT2D eigenvalue weighted by atomic mass is 9.86. The van der Waals surface area contributed by atoms with Crippen LogP contribution in [0, 0.1) is 0 Å². The number of primary amides is 1. The maximum Gasteiger partial charge on any atom is 0.251 e. The van der Waals surface area contributed by atoms with E-state index in [2.05, 4.69) is 30.7 Å². The number of aromatic nitrogens is 3. The van der Waals surface area contributed by atoms with E-state index in [1.165, 1.54) is 10.9 Å². The molecule has 7 N–H and O–H groups in total. The number of carbonyl (C=O) groups is 1. The van der Waals surface area contributed by atoms with Gasteiger partial charge in [0.25, 0.3) is 5.91 Å². The molecule has 1 saturated heterocycles. The van der Waals surface area contributed by atoms with Crippen molar-refractivity contribution in [1.82, 2.24) is 14.5 Å². The van der Waals surface area contributed by atoms with Crippen LogP contribution in [0.15, 0.2) is 30.6 Å². The number of nitrogen functional groups attached to an aromatic ring is 1. The summed E-state index contributed by atoms with van der Waals surface area (Å²) >= 11 is 0. The first kappa shape index (κ1) is 22.2. The Morgan fingerprint density at radius 3 is 2.34 bits per heavy atom. The second-order valence-electron chi connectivity index (χ2n) is 8.97. The highest BCUT2D eigenvalue weighted by Crippen LogP contribution is 2.41. The topological polar surface area (TPSA) is 170 Å². The number of aliphatic hydroxyl groups excluding tert-OH is 3. The molecule has 170 valence electrons. The van der Waals surface area contributed by atoms with Gasteiger partial charge in [0, 0.05) is 0 Å². The molecule has 0 aliphatic carbocycles. The largest absolute Gasteiger partial charge is 0.394 e. The predicted molar refractivity (Wildman–Crippen MR) is 118 cm³/mol. The van der Waals surface area contributed by atoms with Gasteiger partial charge in [0.15, 0.2) is 6.23 Å². The molecule has 2 aromatic heterocycles. The first-order valence-corrected chi connectivity index (χ1v) is 10.2. The zero-order chi connectivity index (χ0) is 23.4. The molecule has 1 aliphatic heterocycles. The number of aliphatic hydroxyl groups is 3. The normalized spacial score (nSPS) is 23.7. The van der Waals surface area contributed by atoms with Crippen molar-refractivity contribution in [2.45, 2.75) is 50.7 Å². The molecule has 0 saturated carbocycles. The monoisotopic (exact) mass is 441 g/mol. The summed E-state index contributed by atoms with van der Waals surface area (Å²) in [6, 6.07) is 7.55. The van der Waals surface area contributed by atoms with Crippen molar-refractivity contribution in [3.8, 4) is 11.3 Å². The molecule has 1 fully saturated rings. The second-order valence-corrected chi connectivity index (χ2v) is 8.97. The Kier molecular flexibility index (Phi) is 5.41. The van der Waals surface area contributed by atoms with Gasteiger partial charge in [-0.15, -0.1) is 0 Å². The van der Waals surface area contributed by atoms with Crippen LogP contribution in [-0.2, 0) is 10.2 Å². The van der Waals surface area contributed by atoms with Crippen molar-refractivity contribution in [3.63, 3.8) is 0 Å². The van der Waals surface area contributed by atoms with Gasteiger partial charge in [0.2, 0.25) is 0 Å². The lowest BCUT2D eigenvalue weighted by molar-refractivity contribution is -0.0501. The first-order valence-electron chi connectivity index (χ1n) is 10.2. The van der Waals surface area contributed by atoms with Gasteiger partial charge in [0.1, 0.15) is 36.1 Å². The average molecular weight is 441 g/mol. The van der Waals surface area contributed by atoms with E-state index in [4.69, 9.17) is 16.2 Å². The molecular formula is C22H27N5O5. The molecule has 0 spiro atoms. The van der Waals surface area contributed by atoms with Crippen LogP contribution in [0.5, 0.6) is 0 Å². The molecule has 3 heterocycles. The number of carbonyl (C=O) groups excluding carboxylic acids is 1. The number of anilines is 1. The van der Waals surface area contributed by atoms with E-state index in [-0.39, 0.29) is 27.8 Å². The van der Waals surface area contributed by atoms with E-state index in [1.807, 2.05) is 24.3 Å². The molecule has 0 unspecified atom stereocenters. The maximum atomic E-state index is 12.6. The SMILES string of the molecule is CC(C)(C)c1ccc(-c2c(C(N)=O)c3c(N)ncnc3n2[C@H]2O[C@@H](CO)[C@@H](O)[C@@H]2O)cc1. The summed E-state index contributed by atoms with van der Waals surface area (Å²) in [4.78, 5) is 20.8. The molecule has 1 amide bonds. The molecule has 10 nitrogen and oxygen atoms in total. The van der Waals surface area contributed by atoms with Gasteiger partial charge in [-0.05, 0) is 16.5 Å². The van der Waals surface area contributed by atoms with Crippen LogP contribution in [0.1, 0.15) is 42.9 Å². The summed E-state index contributed by atoms with van der Waals surface area (Å²) in [6.07, 6.45) is -3.67. The summed E-state index contributed by atoms with van der Waals surface area (Å²) in [6.45, 7) is 5.76. The van der Waals surface area contributed by atoms with Crippen molar-refractivity contribution in [1.29, 1.82) is 0 Å². The molecule has 10 heteroatoms. The van der Waals surface area contributed by atoms with E-state index >= 15 is 0 Å². The van der Waals surface area contributed by atoms with Gasteiger partial charge >= 0.3 is 0 Å². The smallest absolute Gasteiger partial charge is 0.251 e. The molecule has 4 atom stereocenters. The Morgan fingerprint density at radius 1 is 1.16 bits per heavy atom. The predicted octanol–water partition coefficient (Wildman–Crippen LogP) is 0.688. The summed E-state index contributed by atoms with van der Waals surface area (Å²) in [5.41, 5.74) is 14.1. The van der Waals surface area contributed by atoms with Crippen molar-refractivity contribution in [2.75, 3.05) is 12.3 Å². The third-order valence-electron chi connectivity index (χ3n) is 5.85. The van der Waals surface area contributed by atoms with Crippen LogP contribution in [0.3, 0.4) is 0 Å². The van der Waals surface area contributed by atoms with Crippen LogP contribution in [0.25, 0.3) is 22.3 Å². The lowest BCUT2D eigenvalue weighted by Crippen LogP contribution is -2.33. The van der Waals surface area contributed by atoms with Crippen LogP contribution in [0.2, 0.25) is 0 Å². The van der Waals surface area contributed by atoms with Crippen LogP contribution < -0.4 is 11.5 Å². The number of hydrogen-bond acceptors (Lipinski definition) is 8. The molecule has 1 aromatic carbocycles. The van der Waals surface area contributed by atoms with Gasteiger partial charge in [0.05, 0.1) is 23.3 Å². The minimum atomic E-state index is -1.40. The fraction of sp³-hybridized carbons (Fsp3) is 0.409. The summed E-state index contributed by atoms with van der Waals surface area (Å²) in [5, 5.41) is 30.8. The van der Waals surface area contributed by atoms with E-state index in [0.29, 0.717) is 11.3 Å². The van der Waals surface area contributed by atoms with Crippen molar-refractivity contribution < 1.29 is 24.9 Å². The molecule has 0 radical (unpaired) electrons. The van der Waals surface area contributed by atoms with Crippen LogP contribution in [-0.4, -0.2) is 60.7 Å². The Bertz CT molecular complexity index is 1170. The maximum absolute atomic E-state index is 12.6. The molecular weight excluding hydrogens is 414 g/mol. The van der Waals surface area contributed by atoms with Gasteiger partial charge in [-0.25, -0.2) is 9.97 Å². The highest BCUT2D eigenvalue weighted by molar-refractivity contribution is 6.14. The van der Waals surface area contributed by atoms with Crippen LogP contribution in [0.4, 0.5) is 5.82 Å². The number of nitrogens with two attached hydrogens (primary N) is 2. The number of hydrogen-bond donors (Lipinski definition) is 5. The van der Waals surface area contributed by atoms with E-state index in [0.717, 1.165) is 5.56 Å². The summed E-state index contributed by atoms with van der Waals surface area (Å²) < 4.78 is 7.25. The Hall–Kier alpha value is -3.05. The van der Waals surface area contributed by atoms with Gasteiger partial charge in [-0.3, -0.25) is 9.36 Å². The molecule has 1 aliphatic rings. The highest BCUT2D eigenvalue weighted by Gasteiger charge is 2.45. The van der Waals surface area contributed by atoms with Gasteiger partial charge < -0.3 is 31.5 Å². The van der Waals surface area contributed by atoms with Crippen molar-refractivity contribution >= 4 is 22.8 Å². The lowest BCUT2D eigenvalue weighted by Gasteiger charge is -2.22. The molecule has 4 rings (SSSR count). The third-order valence-corrected chi connectivity index (χ3v) is 5.85. The fourth-order valence-electron chi connectivity index (χ4n) is 4.15. The second kappa shape index (κ2) is 7.82. The number of benzene rings is 1. The van der Waals surface area contributed by atoms with Crippen molar-refractivity contribution in [2.24, 2.45) is 5.73 Å². The Balaban J connectivity index is 2.03. The highest BCUT2D eigenvalue weighted by atomic mass is 16.6. The minimum absolute atomic E-state index is 0.0434. The van der Waals surface area contributed by atoms with Crippen molar-refractivity contribution in [3.05, 3.63) is 41.7 Å². The quantitative estimate of drug-likeness (QED) is 0.394. The molecule has 0 bridgehead atoms. The Labute approximate surface area is 184 Å². The summed E-state index contributed by atoms with van der Waals surface area (Å²) in [5.74, 6) is -0.709. The number of rotatable bonds is 4. The minimum Gasteiger partial charge on any atom is -0.394 e. The van der Waals surface area contributed by atoms with Gasteiger partial charge in [-0.1, -0.05) is 45.0 Å². The average Bonchev–Trinajstić information content (AvgIpc) is 3.23. The van der Waals surface area contributed by atoms with Crippen LogP contribution >= 0.6 is 0 Å².